The second kappa shape index (κ2) is 8.55. The lowest BCUT2D eigenvalue weighted by Gasteiger charge is -2.26. The van der Waals surface area contributed by atoms with Crippen molar-refractivity contribution in [1.29, 1.82) is 0 Å². The first-order chi connectivity index (χ1) is 13.4. The minimum atomic E-state index is -3.88. The maximum atomic E-state index is 12.9. The summed E-state index contributed by atoms with van der Waals surface area (Å²) < 4.78 is 42.5. The first-order valence-corrected chi connectivity index (χ1v) is 9.97. The highest BCUT2D eigenvalue weighted by Crippen LogP contribution is 2.28. The summed E-state index contributed by atoms with van der Waals surface area (Å²) in [6.45, 7) is 0.556. The van der Waals surface area contributed by atoms with Crippen molar-refractivity contribution in [3.63, 3.8) is 0 Å². The van der Waals surface area contributed by atoms with E-state index in [0.717, 1.165) is 0 Å². The summed E-state index contributed by atoms with van der Waals surface area (Å²) in [5.41, 5.74) is 0.324. The number of Topliss-reactive ketones (excluding diaryl/α,β-unsaturated/α-hetero) is 1. The molecule has 1 N–H and O–H groups in total. The van der Waals surface area contributed by atoms with Crippen LogP contribution in [-0.2, 0) is 19.5 Å². The van der Waals surface area contributed by atoms with Crippen LogP contribution in [0.4, 0.5) is 0 Å². The topological polar surface area (TPSA) is 115 Å². The predicted molar refractivity (Wildman–Crippen MR) is 98.0 cm³/mol. The molecule has 150 valence electrons. The van der Waals surface area contributed by atoms with Crippen LogP contribution in [-0.4, -0.2) is 69.5 Å². The van der Waals surface area contributed by atoms with Crippen molar-refractivity contribution in [1.82, 2.24) is 9.29 Å². The van der Waals surface area contributed by atoms with Gasteiger partial charge in [-0.2, -0.15) is 4.31 Å². The van der Waals surface area contributed by atoms with Crippen molar-refractivity contribution in [3.05, 3.63) is 47.8 Å². The Morgan fingerprint density at radius 1 is 1.21 bits per heavy atom. The number of nitrogens with zero attached hydrogens (tertiary/aromatic N) is 1. The lowest BCUT2D eigenvalue weighted by molar-refractivity contribution is 0.0473. The number of hydrogen-bond donors (Lipinski definition) is 1. The lowest BCUT2D eigenvalue weighted by Crippen LogP contribution is -2.40. The highest BCUT2D eigenvalue weighted by molar-refractivity contribution is 7.89. The number of hydrogen-bond acceptors (Lipinski definition) is 7. The van der Waals surface area contributed by atoms with E-state index in [0.29, 0.717) is 18.9 Å². The molecule has 28 heavy (non-hydrogen) atoms. The molecular formula is C18H20N2O7S. The van der Waals surface area contributed by atoms with Crippen molar-refractivity contribution in [2.45, 2.75) is 4.90 Å². The van der Waals surface area contributed by atoms with Gasteiger partial charge in [0.15, 0.2) is 6.61 Å². The van der Waals surface area contributed by atoms with Gasteiger partial charge in [-0.15, -0.1) is 0 Å². The van der Waals surface area contributed by atoms with E-state index < -0.39 is 28.4 Å². The van der Waals surface area contributed by atoms with E-state index >= 15 is 0 Å². The Labute approximate surface area is 162 Å². The molecule has 2 heterocycles. The molecule has 0 amide bonds. The molecule has 0 bridgehead atoms. The molecule has 10 heteroatoms. The van der Waals surface area contributed by atoms with Gasteiger partial charge in [0.05, 0.1) is 31.6 Å². The van der Waals surface area contributed by atoms with Crippen LogP contribution in [0.2, 0.25) is 0 Å². The number of morpholine rings is 1. The van der Waals surface area contributed by atoms with Crippen molar-refractivity contribution >= 4 is 21.8 Å². The maximum Gasteiger partial charge on any atom is 0.338 e. The zero-order valence-electron chi connectivity index (χ0n) is 15.2. The van der Waals surface area contributed by atoms with Gasteiger partial charge in [0.25, 0.3) is 0 Å². The smallest absolute Gasteiger partial charge is 0.338 e. The van der Waals surface area contributed by atoms with Gasteiger partial charge in [0.2, 0.25) is 15.8 Å². The Hall–Kier alpha value is -2.69. The summed E-state index contributed by atoms with van der Waals surface area (Å²) in [6.07, 6.45) is 1.58. The van der Waals surface area contributed by atoms with Gasteiger partial charge in [-0.25, -0.2) is 13.2 Å². The van der Waals surface area contributed by atoms with Crippen LogP contribution in [0.25, 0.3) is 0 Å². The van der Waals surface area contributed by atoms with Crippen LogP contribution in [0, 0.1) is 0 Å². The van der Waals surface area contributed by atoms with Crippen molar-refractivity contribution in [2.75, 3.05) is 40.0 Å². The maximum absolute atomic E-state index is 12.9. The Morgan fingerprint density at radius 2 is 1.96 bits per heavy atom. The molecule has 9 nitrogen and oxygen atoms in total. The molecule has 3 rings (SSSR count). The van der Waals surface area contributed by atoms with Gasteiger partial charge in [-0.05, 0) is 30.3 Å². The first-order valence-electron chi connectivity index (χ1n) is 8.53. The summed E-state index contributed by atoms with van der Waals surface area (Å²) >= 11 is 0. The van der Waals surface area contributed by atoms with E-state index in [4.69, 9.17) is 14.2 Å². The molecule has 0 saturated carbocycles. The number of carbonyl (C=O) groups is 2. The number of nitrogens with one attached hydrogen (secondary N) is 1. The molecule has 1 saturated heterocycles. The fraction of sp³-hybridized carbons (Fsp3) is 0.333. The molecule has 0 radical (unpaired) electrons. The molecule has 1 aromatic heterocycles. The van der Waals surface area contributed by atoms with Crippen LogP contribution < -0.4 is 4.74 Å². The monoisotopic (exact) mass is 408 g/mol. The molecule has 1 aliphatic rings. The average Bonchev–Trinajstić information content (AvgIpc) is 3.27. The Morgan fingerprint density at radius 3 is 2.61 bits per heavy atom. The third-order valence-corrected chi connectivity index (χ3v) is 6.14. The minimum absolute atomic E-state index is 0.00641. The van der Waals surface area contributed by atoms with Gasteiger partial charge in [-0.1, -0.05) is 0 Å². The Bertz CT molecular complexity index is 948. The third kappa shape index (κ3) is 4.24. The minimum Gasteiger partial charge on any atom is -0.495 e. The second-order valence-corrected chi connectivity index (χ2v) is 7.87. The fourth-order valence-corrected chi connectivity index (χ4v) is 4.32. The summed E-state index contributed by atoms with van der Waals surface area (Å²) in [5, 5.41) is 0. The molecule has 0 aliphatic carbocycles. The first kappa shape index (κ1) is 20.1. The normalized spacial score (nSPS) is 15.2. The number of carbonyl (C=O) groups excluding carboxylic acids is 2. The molecule has 1 fully saturated rings. The van der Waals surface area contributed by atoms with E-state index in [2.05, 4.69) is 4.98 Å². The number of sulfonamides is 1. The average molecular weight is 408 g/mol. The molecule has 1 aromatic carbocycles. The largest absolute Gasteiger partial charge is 0.495 e. The number of rotatable bonds is 7. The summed E-state index contributed by atoms with van der Waals surface area (Å²) in [4.78, 5) is 26.8. The standard InChI is InChI=1S/C18H20N2O7S/c1-25-16-5-4-13(18(22)27-12-15(21)14-3-2-6-19-14)11-17(16)28(23,24)20-7-9-26-10-8-20/h2-6,11,19H,7-10,12H2,1H3. The SMILES string of the molecule is COc1ccc(C(=O)OCC(=O)c2ccc[nH]2)cc1S(=O)(=O)N1CCOCC1. The summed E-state index contributed by atoms with van der Waals surface area (Å²) in [6, 6.07) is 7.19. The number of methoxy groups -OCH3 is 1. The fourth-order valence-electron chi connectivity index (χ4n) is 2.73. The third-order valence-electron chi connectivity index (χ3n) is 4.22. The molecular weight excluding hydrogens is 388 g/mol. The van der Waals surface area contributed by atoms with Crippen LogP contribution in [0.5, 0.6) is 5.75 Å². The molecule has 0 atom stereocenters. The van der Waals surface area contributed by atoms with Crippen LogP contribution in [0.15, 0.2) is 41.4 Å². The summed E-state index contributed by atoms with van der Waals surface area (Å²) in [7, 11) is -2.53. The molecule has 2 aromatic rings. The number of benzene rings is 1. The summed E-state index contributed by atoms with van der Waals surface area (Å²) in [5.74, 6) is -1.08. The van der Waals surface area contributed by atoms with Gasteiger partial charge >= 0.3 is 5.97 Å². The van der Waals surface area contributed by atoms with Gasteiger partial charge < -0.3 is 19.2 Å². The van der Waals surface area contributed by atoms with E-state index in [-0.39, 0.29) is 29.3 Å². The number of esters is 1. The Kier molecular flexibility index (Phi) is 6.12. The van der Waals surface area contributed by atoms with Gasteiger partial charge in [0, 0.05) is 19.3 Å². The van der Waals surface area contributed by atoms with Crippen LogP contribution in [0.3, 0.4) is 0 Å². The zero-order valence-corrected chi connectivity index (χ0v) is 16.0. The van der Waals surface area contributed by atoms with E-state index in [1.807, 2.05) is 0 Å². The number of ketones is 1. The van der Waals surface area contributed by atoms with E-state index in [9.17, 15) is 18.0 Å². The highest BCUT2D eigenvalue weighted by Gasteiger charge is 2.30. The zero-order chi connectivity index (χ0) is 20.1. The van der Waals surface area contributed by atoms with Gasteiger partial charge in [-0.3, -0.25) is 4.79 Å². The molecule has 0 spiro atoms. The van der Waals surface area contributed by atoms with Crippen molar-refractivity contribution in [3.8, 4) is 5.75 Å². The quantitative estimate of drug-likeness (QED) is 0.538. The Balaban J connectivity index is 1.80. The highest BCUT2D eigenvalue weighted by atomic mass is 32.2. The van der Waals surface area contributed by atoms with Gasteiger partial charge in [0.1, 0.15) is 10.6 Å². The van der Waals surface area contributed by atoms with E-state index in [1.54, 1.807) is 18.3 Å². The lowest BCUT2D eigenvalue weighted by atomic mass is 10.2. The van der Waals surface area contributed by atoms with Crippen molar-refractivity contribution < 1.29 is 32.2 Å². The number of H-pyrrole nitrogens is 1. The van der Waals surface area contributed by atoms with Crippen LogP contribution in [0.1, 0.15) is 20.8 Å². The van der Waals surface area contributed by atoms with E-state index in [1.165, 1.54) is 29.6 Å². The predicted octanol–water partition coefficient (Wildman–Crippen LogP) is 1.08. The van der Waals surface area contributed by atoms with Crippen LogP contribution >= 0.6 is 0 Å². The molecule has 0 unspecified atom stereocenters. The number of aromatic amines is 1. The van der Waals surface area contributed by atoms with Crippen molar-refractivity contribution in [2.24, 2.45) is 0 Å². The number of ether oxygens (including phenoxy) is 3. The molecule has 1 aliphatic heterocycles. The second-order valence-electron chi connectivity index (χ2n) is 5.97. The number of aromatic nitrogens is 1.